The van der Waals surface area contributed by atoms with Crippen LogP contribution >= 0.6 is 15.9 Å². The molecule has 2 nitrogen and oxygen atoms in total. The average Bonchev–Trinajstić information content (AvgIpc) is 2.31. The van der Waals surface area contributed by atoms with E-state index < -0.39 is 5.79 Å². The van der Waals surface area contributed by atoms with Gasteiger partial charge in [-0.1, -0.05) is 28.1 Å². The minimum absolute atomic E-state index is 0.148. The first-order valence-electron chi connectivity index (χ1n) is 3.76. The quantitative estimate of drug-likeness (QED) is 0.457. The number of halogens is 1. The molecule has 0 unspecified atom stereocenters. The lowest BCUT2D eigenvalue weighted by Crippen LogP contribution is -2.25. The largest absolute Gasteiger partial charge is 0.343 e. The third kappa shape index (κ3) is 1.25. The van der Waals surface area contributed by atoms with Crippen LogP contribution in [0.1, 0.15) is 13.8 Å². The SMILES string of the molecule is CC1(C)O[C@@H]2[C@H](Br)C=C[C@@H]2O1. The molecule has 1 aliphatic heterocycles. The normalized spacial score (nSPS) is 46.3. The van der Waals surface area contributed by atoms with E-state index in [-0.39, 0.29) is 12.2 Å². The maximum atomic E-state index is 5.65. The van der Waals surface area contributed by atoms with E-state index in [2.05, 4.69) is 28.1 Å². The molecule has 1 saturated heterocycles. The van der Waals surface area contributed by atoms with Gasteiger partial charge < -0.3 is 9.47 Å². The molecule has 3 atom stereocenters. The fourth-order valence-electron chi connectivity index (χ4n) is 1.54. The van der Waals surface area contributed by atoms with E-state index in [1.54, 1.807) is 0 Å². The van der Waals surface area contributed by atoms with Gasteiger partial charge in [0, 0.05) is 0 Å². The van der Waals surface area contributed by atoms with Gasteiger partial charge in [-0.3, -0.25) is 0 Å². The summed E-state index contributed by atoms with van der Waals surface area (Å²) >= 11 is 3.51. The monoisotopic (exact) mass is 218 g/mol. The van der Waals surface area contributed by atoms with Crippen LogP contribution in [0.2, 0.25) is 0 Å². The number of rotatable bonds is 0. The molecular weight excluding hydrogens is 208 g/mol. The highest BCUT2D eigenvalue weighted by molar-refractivity contribution is 9.09. The average molecular weight is 219 g/mol. The Balaban J connectivity index is 2.15. The predicted molar refractivity (Wildman–Crippen MR) is 45.7 cm³/mol. The van der Waals surface area contributed by atoms with E-state index in [4.69, 9.17) is 9.47 Å². The third-order valence-electron chi connectivity index (χ3n) is 1.96. The molecule has 0 bridgehead atoms. The molecule has 0 aromatic heterocycles. The van der Waals surface area contributed by atoms with Crippen molar-refractivity contribution in [1.29, 1.82) is 0 Å². The lowest BCUT2D eigenvalue weighted by Gasteiger charge is -2.17. The first-order chi connectivity index (χ1) is 5.08. The van der Waals surface area contributed by atoms with Gasteiger partial charge in [0.15, 0.2) is 5.79 Å². The first-order valence-corrected chi connectivity index (χ1v) is 4.68. The summed E-state index contributed by atoms with van der Waals surface area (Å²) in [6, 6.07) is 0. The second-order valence-electron chi connectivity index (χ2n) is 3.39. The second-order valence-corrected chi connectivity index (χ2v) is 4.45. The number of fused-ring (bicyclic) bond motifs is 1. The molecule has 0 radical (unpaired) electrons. The van der Waals surface area contributed by atoms with Gasteiger partial charge in [-0.05, 0) is 13.8 Å². The highest BCUT2D eigenvalue weighted by Gasteiger charge is 2.45. The summed E-state index contributed by atoms with van der Waals surface area (Å²) in [5.41, 5.74) is 0. The zero-order valence-electron chi connectivity index (χ0n) is 6.58. The summed E-state index contributed by atoms with van der Waals surface area (Å²) in [5.74, 6) is -0.411. The molecule has 0 aromatic carbocycles. The Labute approximate surface area is 74.7 Å². The van der Waals surface area contributed by atoms with Crippen molar-refractivity contribution in [2.45, 2.75) is 36.7 Å². The maximum absolute atomic E-state index is 5.65. The van der Waals surface area contributed by atoms with Crippen LogP contribution in [-0.4, -0.2) is 22.8 Å². The van der Waals surface area contributed by atoms with Gasteiger partial charge in [0.25, 0.3) is 0 Å². The standard InChI is InChI=1S/C8H11BrO2/c1-8(2)10-6-4-3-5(9)7(6)11-8/h3-7H,1-2H3/t5-,6+,7-/m1/s1. The topological polar surface area (TPSA) is 18.5 Å². The molecule has 0 N–H and O–H groups in total. The minimum atomic E-state index is -0.411. The van der Waals surface area contributed by atoms with Crippen LogP contribution in [0, 0.1) is 0 Å². The van der Waals surface area contributed by atoms with Gasteiger partial charge in [-0.2, -0.15) is 0 Å². The number of alkyl halides is 1. The molecule has 0 aromatic rings. The summed E-state index contributed by atoms with van der Waals surface area (Å²) in [6.07, 6.45) is 4.45. The number of ether oxygens (including phenoxy) is 2. The van der Waals surface area contributed by atoms with Gasteiger partial charge in [-0.15, -0.1) is 0 Å². The maximum Gasteiger partial charge on any atom is 0.164 e. The molecule has 3 heteroatoms. The molecule has 11 heavy (non-hydrogen) atoms. The Hall–Kier alpha value is 0.140. The summed E-state index contributed by atoms with van der Waals surface area (Å²) in [4.78, 5) is 0.314. The van der Waals surface area contributed by atoms with Crippen LogP contribution in [-0.2, 0) is 9.47 Å². The summed E-state index contributed by atoms with van der Waals surface area (Å²) < 4.78 is 11.3. The van der Waals surface area contributed by atoms with E-state index in [1.807, 2.05) is 13.8 Å². The van der Waals surface area contributed by atoms with Crippen molar-refractivity contribution in [3.8, 4) is 0 Å². The van der Waals surface area contributed by atoms with Crippen molar-refractivity contribution in [2.75, 3.05) is 0 Å². The Kier molecular flexibility index (Phi) is 1.63. The molecule has 1 aliphatic carbocycles. The predicted octanol–water partition coefficient (Wildman–Crippen LogP) is 1.84. The van der Waals surface area contributed by atoms with Gasteiger partial charge in [-0.25, -0.2) is 0 Å². The fourth-order valence-corrected chi connectivity index (χ4v) is 2.12. The zero-order chi connectivity index (χ0) is 8.06. The molecule has 62 valence electrons. The highest BCUT2D eigenvalue weighted by Crippen LogP contribution is 2.36. The van der Waals surface area contributed by atoms with Crippen LogP contribution in [0.3, 0.4) is 0 Å². The Bertz CT molecular complexity index is 200. The molecule has 1 heterocycles. The lowest BCUT2D eigenvalue weighted by molar-refractivity contribution is -0.143. The Morgan fingerprint density at radius 2 is 2.00 bits per heavy atom. The molecule has 2 rings (SSSR count). The highest BCUT2D eigenvalue weighted by atomic mass is 79.9. The van der Waals surface area contributed by atoms with Crippen LogP contribution in [0.5, 0.6) is 0 Å². The van der Waals surface area contributed by atoms with Crippen molar-refractivity contribution < 1.29 is 9.47 Å². The van der Waals surface area contributed by atoms with E-state index in [1.165, 1.54) is 0 Å². The minimum Gasteiger partial charge on any atom is -0.343 e. The fraction of sp³-hybridized carbons (Fsp3) is 0.750. The Morgan fingerprint density at radius 3 is 2.64 bits per heavy atom. The molecule has 2 aliphatic rings. The van der Waals surface area contributed by atoms with Gasteiger partial charge in [0.2, 0.25) is 0 Å². The smallest absolute Gasteiger partial charge is 0.164 e. The molecule has 0 spiro atoms. The first kappa shape index (κ1) is 7.77. The third-order valence-corrected chi connectivity index (χ3v) is 2.79. The zero-order valence-corrected chi connectivity index (χ0v) is 8.17. The van der Waals surface area contributed by atoms with Crippen LogP contribution < -0.4 is 0 Å². The Morgan fingerprint density at radius 1 is 1.27 bits per heavy atom. The van der Waals surface area contributed by atoms with Crippen molar-refractivity contribution in [3.63, 3.8) is 0 Å². The molecular formula is C8H11BrO2. The van der Waals surface area contributed by atoms with Gasteiger partial charge >= 0.3 is 0 Å². The van der Waals surface area contributed by atoms with Gasteiger partial charge in [0.05, 0.1) is 4.83 Å². The van der Waals surface area contributed by atoms with Crippen LogP contribution in [0.15, 0.2) is 12.2 Å². The second kappa shape index (κ2) is 2.31. The van der Waals surface area contributed by atoms with E-state index in [0.717, 1.165) is 0 Å². The van der Waals surface area contributed by atoms with Gasteiger partial charge in [0.1, 0.15) is 12.2 Å². The van der Waals surface area contributed by atoms with Crippen LogP contribution in [0.4, 0.5) is 0 Å². The van der Waals surface area contributed by atoms with Crippen molar-refractivity contribution in [1.82, 2.24) is 0 Å². The van der Waals surface area contributed by atoms with E-state index in [0.29, 0.717) is 4.83 Å². The lowest BCUT2D eigenvalue weighted by atomic mass is 10.2. The molecule has 1 fully saturated rings. The molecule has 0 saturated carbocycles. The summed E-state index contributed by atoms with van der Waals surface area (Å²) in [5, 5.41) is 0. The van der Waals surface area contributed by atoms with Crippen LogP contribution in [0.25, 0.3) is 0 Å². The van der Waals surface area contributed by atoms with Crippen molar-refractivity contribution >= 4 is 15.9 Å². The molecule has 0 amide bonds. The number of hydrogen-bond donors (Lipinski definition) is 0. The van der Waals surface area contributed by atoms with E-state index >= 15 is 0 Å². The van der Waals surface area contributed by atoms with Crippen molar-refractivity contribution in [2.24, 2.45) is 0 Å². The van der Waals surface area contributed by atoms with Crippen molar-refractivity contribution in [3.05, 3.63) is 12.2 Å². The van der Waals surface area contributed by atoms with E-state index in [9.17, 15) is 0 Å². The summed E-state index contributed by atoms with van der Waals surface area (Å²) in [6.45, 7) is 3.89. The number of hydrogen-bond acceptors (Lipinski definition) is 2. The summed E-state index contributed by atoms with van der Waals surface area (Å²) in [7, 11) is 0.